The summed E-state index contributed by atoms with van der Waals surface area (Å²) in [5.74, 6) is -0.966. The van der Waals surface area contributed by atoms with Crippen LogP contribution in [0.25, 0.3) is 16.9 Å². The predicted molar refractivity (Wildman–Crippen MR) is 65.4 cm³/mol. The molecule has 0 aliphatic heterocycles. The molecule has 18 heavy (non-hydrogen) atoms. The Balaban J connectivity index is 2.23. The van der Waals surface area contributed by atoms with Gasteiger partial charge in [0.05, 0.1) is 28.7 Å². The Morgan fingerprint density at radius 2 is 2.06 bits per heavy atom. The van der Waals surface area contributed by atoms with Crippen LogP contribution in [0.15, 0.2) is 48.8 Å². The van der Waals surface area contributed by atoms with Crippen molar-refractivity contribution >= 4 is 11.5 Å². The minimum atomic E-state index is -0.966. The van der Waals surface area contributed by atoms with Crippen molar-refractivity contribution in [2.24, 2.45) is 0 Å². The number of aromatic carboxylic acids is 1. The molecule has 0 spiro atoms. The van der Waals surface area contributed by atoms with Crippen molar-refractivity contribution < 1.29 is 9.90 Å². The molecule has 5 nitrogen and oxygen atoms in total. The lowest BCUT2D eigenvalue weighted by atomic mass is 10.2. The van der Waals surface area contributed by atoms with E-state index in [9.17, 15) is 4.79 Å². The molecular formula is C13H9N3O2. The van der Waals surface area contributed by atoms with Crippen LogP contribution < -0.4 is 0 Å². The highest BCUT2D eigenvalue weighted by molar-refractivity contribution is 5.88. The minimum absolute atomic E-state index is 0.212. The molecule has 1 N–H and O–H groups in total. The summed E-state index contributed by atoms with van der Waals surface area (Å²) >= 11 is 0. The van der Waals surface area contributed by atoms with Gasteiger partial charge in [-0.3, -0.25) is 4.98 Å². The highest BCUT2D eigenvalue weighted by atomic mass is 16.4. The fourth-order valence-electron chi connectivity index (χ4n) is 1.85. The average molecular weight is 239 g/mol. The number of aromatic nitrogens is 3. The van der Waals surface area contributed by atoms with E-state index in [0.717, 1.165) is 11.2 Å². The van der Waals surface area contributed by atoms with E-state index in [2.05, 4.69) is 10.1 Å². The van der Waals surface area contributed by atoms with Gasteiger partial charge in [-0.2, -0.15) is 5.10 Å². The first kappa shape index (κ1) is 10.5. The van der Waals surface area contributed by atoms with E-state index >= 15 is 0 Å². The van der Waals surface area contributed by atoms with Crippen molar-refractivity contribution in [2.45, 2.75) is 0 Å². The molecule has 0 fully saturated rings. The molecule has 3 aromatic rings. The van der Waals surface area contributed by atoms with Crippen LogP contribution in [0.4, 0.5) is 0 Å². The fraction of sp³-hybridized carbons (Fsp3) is 0. The van der Waals surface area contributed by atoms with Gasteiger partial charge in [0.2, 0.25) is 0 Å². The summed E-state index contributed by atoms with van der Waals surface area (Å²) in [7, 11) is 0. The SMILES string of the molecule is O=C(O)c1ccnc(-c2cccc3ccnn23)c1. The van der Waals surface area contributed by atoms with Crippen LogP contribution in [-0.4, -0.2) is 25.7 Å². The number of nitrogens with zero attached hydrogens (tertiary/aromatic N) is 3. The summed E-state index contributed by atoms with van der Waals surface area (Å²) in [6.07, 6.45) is 3.18. The first-order valence-corrected chi connectivity index (χ1v) is 5.38. The lowest BCUT2D eigenvalue weighted by Gasteiger charge is -2.04. The highest BCUT2D eigenvalue weighted by Gasteiger charge is 2.08. The van der Waals surface area contributed by atoms with Gasteiger partial charge in [0.15, 0.2) is 0 Å². The van der Waals surface area contributed by atoms with E-state index in [4.69, 9.17) is 5.11 Å². The molecule has 0 unspecified atom stereocenters. The van der Waals surface area contributed by atoms with Crippen LogP contribution in [0.2, 0.25) is 0 Å². The van der Waals surface area contributed by atoms with Crippen LogP contribution in [0, 0.1) is 0 Å². The maximum Gasteiger partial charge on any atom is 0.335 e. The number of rotatable bonds is 2. The number of pyridine rings is 2. The van der Waals surface area contributed by atoms with Crippen LogP contribution in [0.3, 0.4) is 0 Å². The second-order valence-corrected chi connectivity index (χ2v) is 3.81. The molecule has 3 aromatic heterocycles. The standard InChI is InChI=1S/C13H9N3O2/c17-13(18)9-4-6-14-11(8-9)12-3-1-2-10-5-7-15-16(10)12/h1-8H,(H,17,18). The molecule has 0 bridgehead atoms. The first-order valence-electron chi connectivity index (χ1n) is 5.38. The third kappa shape index (κ3) is 1.62. The lowest BCUT2D eigenvalue weighted by molar-refractivity contribution is 0.0697. The average Bonchev–Trinajstić information content (AvgIpc) is 2.87. The maximum atomic E-state index is 10.9. The number of carboxylic acids is 1. The van der Waals surface area contributed by atoms with Crippen molar-refractivity contribution in [1.29, 1.82) is 0 Å². The Kier molecular flexibility index (Phi) is 2.30. The van der Waals surface area contributed by atoms with E-state index < -0.39 is 5.97 Å². The summed E-state index contributed by atoms with van der Waals surface area (Å²) in [5, 5.41) is 13.2. The second-order valence-electron chi connectivity index (χ2n) is 3.81. The van der Waals surface area contributed by atoms with Gasteiger partial charge in [-0.05, 0) is 30.3 Å². The minimum Gasteiger partial charge on any atom is -0.478 e. The van der Waals surface area contributed by atoms with Gasteiger partial charge in [0.25, 0.3) is 0 Å². The zero-order chi connectivity index (χ0) is 12.5. The molecule has 3 rings (SSSR count). The van der Waals surface area contributed by atoms with Crippen molar-refractivity contribution in [2.75, 3.05) is 0 Å². The monoisotopic (exact) mass is 239 g/mol. The summed E-state index contributed by atoms with van der Waals surface area (Å²) in [5.41, 5.74) is 2.50. The summed E-state index contributed by atoms with van der Waals surface area (Å²) in [6, 6.07) is 10.6. The van der Waals surface area contributed by atoms with Gasteiger partial charge in [0.1, 0.15) is 0 Å². The molecule has 0 saturated heterocycles. The van der Waals surface area contributed by atoms with Crippen LogP contribution >= 0.6 is 0 Å². The lowest BCUT2D eigenvalue weighted by Crippen LogP contribution is -2.00. The van der Waals surface area contributed by atoms with E-state index in [1.165, 1.54) is 12.3 Å². The molecule has 88 valence electrons. The van der Waals surface area contributed by atoms with Crippen LogP contribution in [-0.2, 0) is 0 Å². The molecule has 0 aliphatic rings. The number of carboxylic acid groups (broad SMARTS) is 1. The molecule has 0 amide bonds. The topological polar surface area (TPSA) is 67.5 Å². The highest BCUT2D eigenvalue weighted by Crippen LogP contribution is 2.19. The largest absolute Gasteiger partial charge is 0.478 e. The van der Waals surface area contributed by atoms with Gasteiger partial charge in [-0.15, -0.1) is 0 Å². The van der Waals surface area contributed by atoms with Crippen molar-refractivity contribution in [3.05, 3.63) is 54.4 Å². The Labute approximate surface area is 102 Å². The third-order valence-corrected chi connectivity index (χ3v) is 2.69. The molecule has 0 aliphatic carbocycles. The van der Waals surface area contributed by atoms with E-state index in [-0.39, 0.29) is 5.56 Å². The Hall–Kier alpha value is -2.69. The zero-order valence-corrected chi connectivity index (χ0v) is 9.32. The van der Waals surface area contributed by atoms with E-state index in [0.29, 0.717) is 5.69 Å². The van der Waals surface area contributed by atoms with E-state index in [1.54, 1.807) is 16.8 Å². The summed E-state index contributed by atoms with van der Waals surface area (Å²) in [6.45, 7) is 0. The van der Waals surface area contributed by atoms with Gasteiger partial charge >= 0.3 is 5.97 Å². The van der Waals surface area contributed by atoms with Crippen molar-refractivity contribution in [3.63, 3.8) is 0 Å². The smallest absolute Gasteiger partial charge is 0.335 e. The van der Waals surface area contributed by atoms with Crippen LogP contribution in [0.1, 0.15) is 10.4 Å². The Morgan fingerprint density at radius 1 is 1.17 bits per heavy atom. The number of hydrogen-bond donors (Lipinski definition) is 1. The second kappa shape index (κ2) is 3.96. The molecule has 0 atom stereocenters. The quantitative estimate of drug-likeness (QED) is 0.743. The molecule has 0 aromatic carbocycles. The molecule has 3 heterocycles. The Morgan fingerprint density at radius 3 is 2.89 bits per heavy atom. The van der Waals surface area contributed by atoms with Gasteiger partial charge in [-0.25, -0.2) is 9.31 Å². The predicted octanol–water partition coefficient (Wildman–Crippen LogP) is 2.09. The van der Waals surface area contributed by atoms with Crippen molar-refractivity contribution in [3.8, 4) is 11.4 Å². The molecular weight excluding hydrogens is 230 g/mol. The number of carbonyl (C=O) groups is 1. The third-order valence-electron chi connectivity index (χ3n) is 2.69. The molecule has 0 radical (unpaired) electrons. The molecule has 5 heteroatoms. The van der Waals surface area contributed by atoms with Crippen molar-refractivity contribution in [1.82, 2.24) is 14.6 Å². The van der Waals surface area contributed by atoms with Crippen LogP contribution in [0.5, 0.6) is 0 Å². The Bertz CT molecular complexity index is 734. The fourth-order valence-corrected chi connectivity index (χ4v) is 1.85. The number of fused-ring (bicyclic) bond motifs is 1. The zero-order valence-electron chi connectivity index (χ0n) is 9.32. The van der Waals surface area contributed by atoms with Gasteiger partial charge in [-0.1, -0.05) is 6.07 Å². The maximum absolute atomic E-state index is 10.9. The summed E-state index contributed by atoms with van der Waals surface area (Å²) in [4.78, 5) is 15.1. The molecule has 0 saturated carbocycles. The number of hydrogen-bond acceptors (Lipinski definition) is 3. The van der Waals surface area contributed by atoms with Gasteiger partial charge in [0, 0.05) is 6.20 Å². The normalized spacial score (nSPS) is 10.7. The first-order chi connectivity index (χ1) is 8.75. The van der Waals surface area contributed by atoms with E-state index in [1.807, 2.05) is 24.3 Å². The summed E-state index contributed by atoms with van der Waals surface area (Å²) < 4.78 is 1.73. The van der Waals surface area contributed by atoms with Gasteiger partial charge < -0.3 is 5.11 Å².